The zero-order chi connectivity index (χ0) is 17.6. The molecule has 2 fully saturated rings. The van der Waals surface area contributed by atoms with Gasteiger partial charge in [-0.15, -0.1) is 24.0 Å². The molecule has 0 aromatic heterocycles. The molecule has 1 aromatic carbocycles. The second-order valence-corrected chi connectivity index (χ2v) is 7.17. The van der Waals surface area contributed by atoms with E-state index in [1.165, 1.54) is 12.8 Å². The Kier molecular flexibility index (Phi) is 7.99. The summed E-state index contributed by atoms with van der Waals surface area (Å²) in [5.74, 6) is 1.40. The molecule has 144 valence electrons. The summed E-state index contributed by atoms with van der Waals surface area (Å²) in [5, 5.41) is 2.98. The lowest BCUT2D eigenvalue weighted by Gasteiger charge is -2.31. The lowest BCUT2D eigenvalue weighted by Crippen LogP contribution is -2.42. The van der Waals surface area contributed by atoms with E-state index in [2.05, 4.69) is 22.1 Å². The van der Waals surface area contributed by atoms with Crippen LogP contribution in [0.4, 0.5) is 10.5 Å². The zero-order valence-corrected chi connectivity index (χ0v) is 17.8. The van der Waals surface area contributed by atoms with Gasteiger partial charge in [0.15, 0.2) is 5.96 Å². The number of aliphatic imine (C=N–C) groups is 1. The number of anilines is 1. The minimum Gasteiger partial charge on any atom is -0.370 e. The number of guanidine groups is 1. The smallest absolute Gasteiger partial charge is 0.321 e. The zero-order valence-electron chi connectivity index (χ0n) is 15.5. The topological polar surface area (TPSA) is 74.0 Å². The van der Waals surface area contributed by atoms with E-state index in [0.29, 0.717) is 12.5 Å². The molecule has 2 saturated heterocycles. The number of carbonyl (C=O) groups excluding carboxylic acids is 1. The minimum atomic E-state index is -0.0138. The van der Waals surface area contributed by atoms with E-state index in [4.69, 9.17) is 5.73 Å². The van der Waals surface area contributed by atoms with Crippen LogP contribution in [0.25, 0.3) is 0 Å². The fourth-order valence-corrected chi connectivity index (χ4v) is 3.38. The number of hydrogen-bond acceptors (Lipinski definition) is 2. The third-order valence-corrected chi connectivity index (χ3v) is 5.10. The second kappa shape index (κ2) is 9.99. The van der Waals surface area contributed by atoms with E-state index in [9.17, 15) is 4.79 Å². The molecule has 6 nitrogen and oxygen atoms in total. The van der Waals surface area contributed by atoms with Gasteiger partial charge in [0.1, 0.15) is 0 Å². The highest BCUT2D eigenvalue weighted by molar-refractivity contribution is 14.0. The Morgan fingerprint density at radius 1 is 1.19 bits per heavy atom. The number of hydrogen-bond donors (Lipinski definition) is 2. The minimum absolute atomic E-state index is 0. The number of amides is 2. The molecule has 0 spiro atoms. The Balaban J connectivity index is 0.00000243. The van der Waals surface area contributed by atoms with Gasteiger partial charge in [-0.2, -0.15) is 0 Å². The maximum Gasteiger partial charge on any atom is 0.321 e. The summed E-state index contributed by atoms with van der Waals surface area (Å²) in [5.41, 5.74) is 8.01. The van der Waals surface area contributed by atoms with Crippen LogP contribution < -0.4 is 11.1 Å². The summed E-state index contributed by atoms with van der Waals surface area (Å²) in [6, 6.07) is 7.84. The lowest BCUT2D eigenvalue weighted by molar-refractivity contribution is 0.222. The van der Waals surface area contributed by atoms with Crippen LogP contribution >= 0.6 is 24.0 Å². The van der Waals surface area contributed by atoms with Gasteiger partial charge >= 0.3 is 6.03 Å². The first-order chi connectivity index (χ1) is 12.1. The van der Waals surface area contributed by atoms with Gasteiger partial charge in [-0.3, -0.25) is 0 Å². The monoisotopic (exact) mass is 471 g/mol. The molecule has 3 N–H and O–H groups in total. The highest BCUT2D eigenvalue weighted by atomic mass is 127. The SMILES string of the molecule is CC1CCN(C(N)=NCc2cccc(NC(=O)N3CCCC3)c2)CC1.I. The summed E-state index contributed by atoms with van der Waals surface area (Å²) < 4.78 is 0. The standard InChI is InChI=1S/C19H29N5O.HI/c1-15-7-11-23(12-8-15)18(20)21-14-16-5-4-6-17(13-16)22-19(25)24-9-2-3-10-24;/h4-6,13,15H,2-3,7-12,14H2,1H3,(H2,20,21)(H,22,25);1H. The summed E-state index contributed by atoms with van der Waals surface area (Å²) >= 11 is 0. The second-order valence-electron chi connectivity index (χ2n) is 7.17. The van der Waals surface area contributed by atoms with Crippen molar-refractivity contribution in [1.29, 1.82) is 0 Å². The Labute approximate surface area is 173 Å². The molecule has 2 aliphatic heterocycles. The van der Waals surface area contributed by atoms with Crippen LogP contribution in [0.15, 0.2) is 29.3 Å². The summed E-state index contributed by atoms with van der Waals surface area (Å²) in [6.07, 6.45) is 4.54. The van der Waals surface area contributed by atoms with Gasteiger partial charge < -0.3 is 20.9 Å². The molecular weight excluding hydrogens is 441 g/mol. The Bertz CT molecular complexity index is 622. The predicted molar refractivity (Wildman–Crippen MR) is 117 cm³/mol. The van der Waals surface area contributed by atoms with Crippen molar-refractivity contribution in [1.82, 2.24) is 9.80 Å². The molecule has 0 unspecified atom stereocenters. The summed E-state index contributed by atoms with van der Waals surface area (Å²) in [6.45, 7) is 6.49. The number of nitrogens with zero attached hydrogens (tertiary/aromatic N) is 3. The van der Waals surface area contributed by atoms with Crippen LogP contribution in [0.1, 0.15) is 38.2 Å². The molecule has 1 aromatic rings. The quantitative estimate of drug-likeness (QED) is 0.403. The summed E-state index contributed by atoms with van der Waals surface area (Å²) in [4.78, 5) is 20.8. The van der Waals surface area contributed by atoms with Crippen LogP contribution in [0.3, 0.4) is 0 Å². The molecule has 0 radical (unpaired) electrons. The molecule has 0 saturated carbocycles. The van der Waals surface area contributed by atoms with Crippen molar-refractivity contribution in [2.75, 3.05) is 31.5 Å². The molecule has 0 atom stereocenters. The highest BCUT2D eigenvalue weighted by Gasteiger charge is 2.18. The van der Waals surface area contributed by atoms with Gasteiger partial charge in [0.2, 0.25) is 0 Å². The van der Waals surface area contributed by atoms with Crippen molar-refractivity contribution in [2.24, 2.45) is 16.6 Å². The van der Waals surface area contributed by atoms with Gasteiger partial charge in [-0.25, -0.2) is 9.79 Å². The van der Waals surface area contributed by atoms with Crippen molar-refractivity contribution < 1.29 is 4.79 Å². The Morgan fingerprint density at radius 3 is 2.58 bits per heavy atom. The van der Waals surface area contributed by atoms with Gasteiger partial charge in [0.05, 0.1) is 6.54 Å². The van der Waals surface area contributed by atoms with E-state index in [1.54, 1.807) is 0 Å². The lowest BCUT2D eigenvalue weighted by atomic mass is 10.00. The number of nitrogens with two attached hydrogens (primary N) is 1. The number of carbonyl (C=O) groups is 1. The number of rotatable bonds is 3. The van der Waals surface area contributed by atoms with Gasteiger partial charge in [0.25, 0.3) is 0 Å². The van der Waals surface area contributed by atoms with Crippen LogP contribution in [0.5, 0.6) is 0 Å². The molecule has 7 heteroatoms. The van der Waals surface area contributed by atoms with Crippen LogP contribution in [-0.4, -0.2) is 48.0 Å². The van der Waals surface area contributed by atoms with Gasteiger partial charge in [-0.1, -0.05) is 19.1 Å². The number of piperidine rings is 1. The van der Waals surface area contributed by atoms with E-state index < -0.39 is 0 Å². The third kappa shape index (κ3) is 5.75. The fraction of sp³-hybridized carbons (Fsp3) is 0.579. The number of urea groups is 1. The van der Waals surface area contributed by atoms with E-state index in [0.717, 1.165) is 56.2 Å². The van der Waals surface area contributed by atoms with Crippen LogP contribution in [0.2, 0.25) is 0 Å². The fourth-order valence-electron chi connectivity index (χ4n) is 3.38. The Morgan fingerprint density at radius 2 is 1.88 bits per heavy atom. The molecule has 3 rings (SSSR count). The van der Waals surface area contributed by atoms with Crippen molar-refractivity contribution in [3.63, 3.8) is 0 Å². The van der Waals surface area contributed by atoms with Crippen LogP contribution in [0, 0.1) is 5.92 Å². The number of halogens is 1. The van der Waals surface area contributed by atoms with E-state index in [-0.39, 0.29) is 30.0 Å². The molecule has 2 amide bonds. The number of likely N-dealkylation sites (tertiary alicyclic amines) is 2. The highest BCUT2D eigenvalue weighted by Crippen LogP contribution is 2.17. The first-order valence-electron chi connectivity index (χ1n) is 9.31. The Hall–Kier alpha value is -1.51. The normalized spacial score (nSPS) is 18.6. The van der Waals surface area contributed by atoms with Crippen molar-refractivity contribution >= 4 is 41.7 Å². The predicted octanol–water partition coefficient (Wildman–Crippen LogP) is 3.48. The molecule has 26 heavy (non-hydrogen) atoms. The third-order valence-electron chi connectivity index (χ3n) is 5.10. The molecule has 2 heterocycles. The van der Waals surface area contributed by atoms with Gasteiger partial charge in [-0.05, 0) is 49.3 Å². The van der Waals surface area contributed by atoms with Crippen molar-refractivity contribution in [3.8, 4) is 0 Å². The number of nitrogens with one attached hydrogen (secondary N) is 1. The number of benzene rings is 1. The maximum atomic E-state index is 12.2. The van der Waals surface area contributed by atoms with E-state index in [1.807, 2.05) is 29.2 Å². The van der Waals surface area contributed by atoms with Crippen molar-refractivity contribution in [3.05, 3.63) is 29.8 Å². The molecule has 2 aliphatic rings. The average molecular weight is 471 g/mol. The maximum absolute atomic E-state index is 12.2. The molecule has 0 aliphatic carbocycles. The average Bonchev–Trinajstić information content (AvgIpc) is 3.15. The largest absolute Gasteiger partial charge is 0.370 e. The molecular formula is C19H30IN5O. The first kappa shape index (κ1) is 20.8. The van der Waals surface area contributed by atoms with Crippen LogP contribution in [-0.2, 0) is 6.54 Å². The molecule has 0 bridgehead atoms. The van der Waals surface area contributed by atoms with Gasteiger partial charge in [0, 0.05) is 31.9 Å². The summed E-state index contributed by atoms with van der Waals surface area (Å²) in [7, 11) is 0. The first-order valence-corrected chi connectivity index (χ1v) is 9.31. The van der Waals surface area contributed by atoms with E-state index >= 15 is 0 Å². The van der Waals surface area contributed by atoms with Crippen molar-refractivity contribution in [2.45, 2.75) is 39.2 Å².